The van der Waals surface area contributed by atoms with Gasteiger partial charge in [-0.1, -0.05) is 29.3 Å². The summed E-state index contributed by atoms with van der Waals surface area (Å²) in [6, 6.07) is 2.05. The highest BCUT2D eigenvalue weighted by atomic mass is 35.5. The molecular weight excluding hydrogens is 251 g/mol. The molecule has 1 rings (SSSR count). The molecule has 0 radical (unpaired) electrons. The first kappa shape index (κ1) is 13.8. The number of hydrogen-bond acceptors (Lipinski definition) is 2. The molecule has 0 saturated heterocycles. The minimum atomic E-state index is -0.866. The number of benzene rings is 1. The molecule has 1 aromatic carbocycles. The number of rotatable bonds is 2. The van der Waals surface area contributed by atoms with Crippen molar-refractivity contribution in [2.45, 2.75) is 6.04 Å². The summed E-state index contributed by atoms with van der Waals surface area (Å²) in [5, 5.41) is 9.64. The van der Waals surface area contributed by atoms with E-state index in [1.54, 1.807) is 0 Å². The van der Waals surface area contributed by atoms with Crippen LogP contribution in [0.15, 0.2) is 12.1 Å². The van der Waals surface area contributed by atoms with E-state index in [0.717, 1.165) is 0 Å². The average Bonchev–Trinajstić information content (AvgIpc) is 2.13. The molecule has 0 saturated carbocycles. The fourth-order valence-electron chi connectivity index (χ4n) is 0.937. The van der Waals surface area contributed by atoms with Gasteiger partial charge >= 0.3 is 0 Å². The van der Waals surface area contributed by atoms with Gasteiger partial charge in [-0.3, -0.25) is 0 Å². The number of hydrogen-bond donors (Lipinski definition) is 2. The Bertz CT molecular complexity index is 322. The Morgan fingerprint density at radius 1 is 1.43 bits per heavy atom. The molecule has 0 spiro atoms. The lowest BCUT2D eigenvalue weighted by Crippen LogP contribution is -2.12. The molecule has 0 heterocycles. The lowest BCUT2D eigenvalue weighted by atomic mass is 10.1. The number of aromatic hydroxyl groups is 1. The minimum absolute atomic E-state index is 0. The molecule has 0 aliphatic heterocycles. The summed E-state index contributed by atoms with van der Waals surface area (Å²) >= 11 is 11.2. The number of nitrogens with two attached hydrogens (primary N) is 1. The van der Waals surface area contributed by atoms with Gasteiger partial charge in [0.1, 0.15) is 17.4 Å². The fraction of sp³-hybridized carbons (Fsp3) is 0.250. The molecule has 1 aromatic rings. The van der Waals surface area contributed by atoms with E-state index in [4.69, 9.17) is 28.9 Å². The van der Waals surface area contributed by atoms with Crippen LogP contribution in [-0.4, -0.2) is 11.8 Å². The van der Waals surface area contributed by atoms with Crippen LogP contribution < -0.4 is 5.73 Å². The molecule has 0 aliphatic rings. The summed E-state index contributed by atoms with van der Waals surface area (Å²) in [5.41, 5.74) is 5.64. The van der Waals surface area contributed by atoms with Gasteiger partial charge < -0.3 is 10.8 Å². The van der Waals surface area contributed by atoms with Gasteiger partial charge in [0.15, 0.2) is 0 Å². The smallest absolute Gasteiger partial charge is 0.140 e. The first-order valence-electron chi connectivity index (χ1n) is 3.56. The van der Waals surface area contributed by atoms with Crippen LogP contribution in [0.25, 0.3) is 0 Å². The maximum Gasteiger partial charge on any atom is 0.140 e. The zero-order valence-corrected chi connectivity index (χ0v) is 9.33. The Kier molecular flexibility index (Phi) is 5.52. The topological polar surface area (TPSA) is 46.2 Å². The second kappa shape index (κ2) is 5.61. The Hall–Kier alpha value is -0.220. The largest absolute Gasteiger partial charge is 0.506 e. The summed E-state index contributed by atoms with van der Waals surface area (Å²) in [4.78, 5) is 0. The highest BCUT2D eigenvalue weighted by molar-refractivity contribution is 6.43. The zero-order valence-electron chi connectivity index (χ0n) is 7.01. The average molecular weight is 261 g/mol. The Morgan fingerprint density at radius 2 is 2.00 bits per heavy atom. The van der Waals surface area contributed by atoms with E-state index in [-0.39, 0.29) is 33.8 Å². The Labute approximate surface area is 97.2 Å². The maximum absolute atomic E-state index is 12.2. The second-order valence-corrected chi connectivity index (χ2v) is 3.35. The number of alkyl halides is 1. The third-order valence-electron chi connectivity index (χ3n) is 1.67. The van der Waals surface area contributed by atoms with Crippen LogP contribution in [0.5, 0.6) is 5.75 Å². The molecular formula is C8H9Cl3FNO. The van der Waals surface area contributed by atoms with Crippen molar-refractivity contribution in [2.24, 2.45) is 5.73 Å². The molecule has 6 heteroatoms. The van der Waals surface area contributed by atoms with Crippen molar-refractivity contribution in [1.29, 1.82) is 0 Å². The van der Waals surface area contributed by atoms with Crippen LogP contribution in [0.3, 0.4) is 0 Å². The van der Waals surface area contributed by atoms with E-state index in [1.165, 1.54) is 12.1 Å². The van der Waals surface area contributed by atoms with Crippen LogP contribution in [0, 0.1) is 0 Å². The van der Waals surface area contributed by atoms with E-state index in [2.05, 4.69) is 0 Å². The quantitative estimate of drug-likeness (QED) is 0.858. The molecule has 14 heavy (non-hydrogen) atoms. The van der Waals surface area contributed by atoms with Crippen LogP contribution in [0.1, 0.15) is 11.6 Å². The van der Waals surface area contributed by atoms with E-state index < -0.39 is 12.7 Å². The predicted molar refractivity (Wildman–Crippen MR) is 58.3 cm³/mol. The first-order chi connectivity index (χ1) is 6.07. The molecule has 80 valence electrons. The predicted octanol–water partition coefficient (Wildman–Crippen LogP) is 3.09. The van der Waals surface area contributed by atoms with Gasteiger partial charge in [-0.2, -0.15) is 0 Å². The molecule has 0 fully saturated rings. The first-order valence-corrected chi connectivity index (χ1v) is 4.32. The third kappa shape index (κ3) is 2.64. The van der Waals surface area contributed by atoms with Gasteiger partial charge in [0, 0.05) is 5.56 Å². The fourth-order valence-corrected chi connectivity index (χ4v) is 1.26. The maximum atomic E-state index is 12.2. The van der Waals surface area contributed by atoms with Crippen LogP contribution in [0.2, 0.25) is 10.0 Å². The van der Waals surface area contributed by atoms with E-state index >= 15 is 0 Å². The van der Waals surface area contributed by atoms with Crippen molar-refractivity contribution in [3.05, 3.63) is 27.7 Å². The summed E-state index contributed by atoms with van der Waals surface area (Å²) in [7, 11) is 0. The molecule has 0 bridgehead atoms. The Balaban J connectivity index is 0.00000169. The van der Waals surface area contributed by atoms with E-state index in [0.29, 0.717) is 0 Å². The van der Waals surface area contributed by atoms with Crippen LogP contribution in [-0.2, 0) is 0 Å². The normalized spacial score (nSPS) is 12.0. The van der Waals surface area contributed by atoms with Crippen molar-refractivity contribution < 1.29 is 9.50 Å². The third-order valence-corrected chi connectivity index (χ3v) is 2.46. The molecule has 2 nitrogen and oxygen atoms in total. The van der Waals surface area contributed by atoms with Crippen LogP contribution in [0.4, 0.5) is 4.39 Å². The van der Waals surface area contributed by atoms with Gasteiger partial charge in [-0.25, -0.2) is 4.39 Å². The molecule has 1 atom stereocenters. The van der Waals surface area contributed by atoms with Crippen molar-refractivity contribution in [2.75, 3.05) is 6.67 Å². The SMILES string of the molecule is Cl.N[C@@H](CF)c1ccc(Cl)c(Cl)c1O. The van der Waals surface area contributed by atoms with Crippen LogP contribution >= 0.6 is 35.6 Å². The number of phenolic OH excluding ortho intramolecular Hbond substituents is 1. The summed E-state index contributed by atoms with van der Waals surface area (Å²) in [5.74, 6) is -0.251. The van der Waals surface area contributed by atoms with Gasteiger partial charge in [0.25, 0.3) is 0 Å². The van der Waals surface area contributed by atoms with Crippen molar-refractivity contribution in [3.8, 4) is 5.75 Å². The lowest BCUT2D eigenvalue weighted by molar-refractivity contribution is 0.414. The van der Waals surface area contributed by atoms with Crippen molar-refractivity contribution >= 4 is 35.6 Å². The molecule has 0 amide bonds. The minimum Gasteiger partial charge on any atom is -0.506 e. The van der Waals surface area contributed by atoms with Gasteiger partial charge in [0.2, 0.25) is 0 Å². The monoisotopic (exact) mass is 259 g/mol. The van der Waals surface area contributed by atoms with E-state index in [9.17, 15) is 9.50 Å². The summed E-state index contributed by atoms with van der Waals surface area (Å²) in [6.45, 7) is -0.758. The van der Waals surface area contributed by atoms with E-state index in [1.807, 2.05) is 0 Å². The summed E-state index contributed by atoms with van der Waals surface area (Å²) < 4.78 is 12.2. The number of phenols is 1. The van der Waals surface area contributed by atoms with Gasteiger partial charge in [-0.05, 0) is 6.07 Å². The lowest BCUT2D eigenvalue weighted by Gasteiger charge is -2.11. The molecule has 0 unspecified atom stereocenters. The molecule has 0 aromatic heterocycles. The highest BCUT2D eigenvalue weighted by Gasteiger charge is 2.14. The standard InChI is InChI=1S/C8H8Cl2FNO.ClH/c9-5-2-1-4(6(12)3-11)8(13)7(5)10;/h1-2,6,13H,3,12H2;1H/t6-;/m0./s1. The van der Waals surface area contributed by atoms with Gasteiger partial charge in [-0.15, -0.1) is 12.4 Å². The molecule has 3 N–H and O–H groups in total. The zero-order chi connectivity index (χ0) is 10.0. The summed E-state index contributed by atoms with van der Waals surface area (Å²) in [6.07, 6.45) is 0. The van der Waals surface area contributed by atoms with Crippen molar-refractivity contribution in [3.63, 3.8) is 0 Å². The number of halogens is 4. The second-order valence-electron chi connectivity index (χ2n) is 2.56. The molecule has 0 aliphatic carbocycles. The highest BCUT2D eigenvalue weighted by Crippen LogP contribution is 2.36. The Morgan fingerprint density at radius 3 is 2.50 bits per heavy atom. The van der Waals surface area contributed by atoms with Gasteiger partial charge in [0.05, 0.1) is 11.1 Å². The van der Waals surface area contributed by atoms with Crippen molar-refractivity contribution in [1.82, 2.24) is 0 Å².